The van der Waals surface area contributed by atoms with Crippen molar-refractivity contribution in [1.82, 2.24) is 19.9 Å². The van der Waals surface area contributed by atoms with Crippen LogP contribution in [0, 0.1) is 0 Å². The summed E-state index contributed by atoms with van der Waals surface area (Å²) in [7, 11) is 0. The highest BCUT2D eigenvalue weighted by atomic mass is 16.2. The predicted molar refractivity (Wildman–Crippen MR) is 110 cm³/mol. The fourth-order valence-electron chi connectivity index (χ4n) is 3.76. The van der Waals surface area contributed by atoms with Crippen LogP contribution in [0.25, 0.3) is 16.6 Å². The van der Waals surface area contributed by atoms with Gasteiger partial charge in [-0.1, -0.05) is 41.6 Å². The molecule has 142 valence electrons. The zero-order chi connectivity index (χ0) is 19.8. The van der Waals surface area contributed by atoms with Gasteiger partial charge in [-0.05, 0) is 53.9 Å². The Hall–Kier alpha value is -3.80. The maximum absolute atomic E-state index is 12.9. The van der Waals surface area contributed by atoms with Gasteiger partial charge in [-0.25, -0.2) is 0 Å². The van der Waals surface area contributed by atoms with Crippen molar-refractivity contribution in [2.45, 2.75) is 13.0 Å². The molecule has 0 saturated carbocycles. The van der Waals surface area contributed by atoms with Crippen LogP contribution in [-0.2, 0) is 13.0 Å². The van der Waals surface area contributed by atoms with Crippen molar-refractivity contribution in [3.8, 4) is 5.69 Å². The summed E-state index contributed by atoms with van der Waals surface area (Å²) in [6.07, 6.45) is 0.863. The zero-order valence-corrected chi connectivity index (χ0v) is 15.7. The maximum Gasteiger partial charge on any atom is 0.282 e. The zero-order valence-electron chi connectivity index (χ0n) is 15.7. The number of hydrogen-bond acceptors (Lipinski definition) is 4. The Bertz CT molecular complexity index is 1280. The third-order valence-electron chi connectivity index (χ3n) is 5.35. The molecule has 1 aliphatic heterocycles. The molecule has 0 spiro atoms. The Balaban J connectivity index is 1.42. The largest absolute Gasteiger partial charge is 0.334 e. The second-order valence-corrected chi connectivity index (χ2v) is 7.12. The van der Waals surface area contributed by atoms with Gasteiger partial charge >= 0.3 is 0 Å². The molecule has 0 fully saturated rings. The highest BCUT2D eigenvalue weighted by Gasteiger charge is 2.21. The van der Waals surface area contributed by atoms with Crippen LogP contribution in [0.4, 0.5) is 0 Å². The van der Waals surface area contributed by atoms with E-state index in [-0.39, 0.29) is 11.5 Å². The second kappa shape index (κ2) is 6.98. The molecule has 0 bridgehead atoms. The normalized spacial score (nSPS) is 13.3. The second-order valence-electron chi connectivity index (χ2n) is 7.12. The molecule has 6 heteroatoms. The molecule has 1 aliphatic rings. The molecule has 1 aromatic heterocycles. The Morgan fingerprint density at radius 1 is 0.862 bits per heavy atom. The molecule has 6 nitrogen and oxygen atoms in total. The summed E-state index contributed by atoms with van der Waals surface area (Å²) < 4.78 is 1.26. The Morgan fingerprint density at radius 3 is 2.41 bits per heavy atom. The van der Waals surface area contributed by atoms with Crippen molar-refractivity contribution in [3.63, 3.8) is 0 Å². The van der Waals surface area contributed by atoms with Crippen LogP contribution in [0.5, 0.6) is 0 Å². The van der Waals surface area contributed by atoms with E-state index in [1.165, 1.54) is 15.8 Å². The summed E-state index contributed by atoms with van der Waals surface area (Å²) in [5, 5.41) is 8.64. The summed E-state index contributed by atoms with van der Waals surface area (Å²) >= 11 is 0. The van der Waals surface area contributed by atoms with Crippen molar-refractivity contribution < 1.29 is 4.79 Å². The molecule has 29 heavy (non-hydrogen) atoms. The number of hydrogen-bond donors (Lipinski definition) is 0. The molecule has 0 N–H and O–H groups in total. The van der Waals surface area contributed by atoms with E-state index >= 15 is 0 Å². The monoisotopic (exact) mass is 382 g/mol. The van der Waals surface area contributed by atoms with Crippen LogP contribution in [0.15, 0.2) is 77.6 Å². The number of aromatic nitrogens is 3. The molecule has 5 rings (SSSR count). The lowest BCUT2D eigenvalue weighted by Crippen LogP contribution is -2.35. The topological polar surface area (TPSA) is 68.1 Å². The molecule has 0 atom stereocenters. The van der Waals surface area contributed by atoms with Crippen LogP contribution in [0.3, 0.4) is 0 Å². The lowest BCUT2D eigenvalue weighted by Gasteiger charge is -2.29. The molecule has 4 aromatic rings. The van der Waals surface area contributed by atoms with E-state index in [0.29, 0.717) is 35.2 Å². The lowest BCUT2D eigenvalue weighted by atomic mass is 9.99. The van der Waals surface area contributed by atoms with Crippen molar-refractivity contribution in [1.29, 1.82) is 0 Å². The molecule has 3 aromatic carbocycles. The van der Waals surface area contributed by atoms with E-state index in [2.05, 4.69) is 22.4 Å². The molecule has 2 heterocycles. The fourth-order valence-corrected chi connectivity index (χ4v) is 3.76. The molecule has 0 unspecified atom stereocenters. The van der Waals surface area contributed by atoms with Gasteiger partial charge in [0.05, 0.1) is 11.1 Å². The first kappa shape index (κ1) is 17.3. The Kier molecular flexibility index (Phi) is 4.17. The number of rotatable bonds is 2. The van der Waals surface area contributed by atoms with Crippen LogP contribution in [-0.4, -0.2) is 32.3 Å². The third kappa shape index (κ3) is 3.08. The third-order valence-corrected chi connectivity index (χ3v) is 5.35. The highest BCUT2D eigenvalue weighted by Crippen LogP contribution is 2.20. The van der Waals surface area contributed by atoms with Crippen LogP contribution < -0.4 is 5.56 Å². The molecule has 0 radical (unpaired) electrons. The maximum atomic E-state index is 12.9. The summed E-state index contributed by atoms with van der Waals surface area (Å²) in [6, 6.07) is 22.3. The minimum atomic E-state index is -0.234. The van der Waals surface area contributed by atoms with Crippen LogP contribution in [0.1, 0.15) is 21.5 Å². The summed E-state index contributed by atoms with van der Waals surface area (Å²) in [4.78, 5) is 27.5. The summed E-state index contributed by atoms with van der Waals surface area (Å²) in [5.41, 5.74) is 4.00. The quantitative estimate of drug-likeness (QED) is 0.535. The number of nitrogens with zero attached hydrogens (tertiary/aromatic N) is 4. The van der Waals surface area contributed by atoms with Crippen LogP contribution in [0.2, 0.25) is 0 Å². The summed E-state index contributed by atoms with van der Waals surface area (Å²) in [5.74, 6) is -0.0111. The van der Waals surface area contributed by atoms with Gasteiger partial charge in [0.1, 0.15) is 5.52 Å². The van der Waals surface area contributed by atoms with Gasteiger partial charge in [0.2, 0.25) is 0 Å². The van der Waals surface area contributed by atoms with E-state index in [1.807, 2.05) is 23.1 Å². The molecule has 0 aliphatic carbocycles. The predicted octanol–water partition coefficient (Wildman–Crippen LogP) is 2.98. The SMILES string of the molecule is O=C(c1ccc(-n2nnc3ccccc3c2=O)cc1)N1CCc2ccccc2C1. The average Bonchev–Trinajstić information content (AvgIpc) is 2.79. The summed E-state index contributed by atoms with van der Waals surface area (Å²) in [6.45, 7) is 1.32. The minimum absolute atomic E-state index is 0.0111. The molecular weight excluding hydrogens is 364 g/mol. The van der Waals surface area contributed by atoms with Gasteiger partial charge in [-0.2, -0.15) is 4.68 Å². The number of carbonyl (C=O) groups is 1. The number of benzene rings is 3. The van der Waals surface area contributed by atoms with E-state index in [1.54, 1.807) is 42.5 Å². The van der Waals surface area contributed by atoms with E-state index in [0.717, 1.165) is 6.42 Å². The smallest absolute Gasteiger partial charge is 0.282 e. The first-order valence-corrected chi connectivity index (χ1v) is 9.52. The van der Waals surface area contributed by atoms with Gasteiger partial charge in [0.15, 0.2) is 0 Å². The first-order valence-electron chi connectivity index (χ1n) is 9.52. The first-order chi connectivity index (χ1) is 14.2. The fraction of sp³-hybridized carbons (Fsp3) is 0.130. The van der Waals surface area contributed by atoms with Gasteiger partial charge in [0.25, 0.3) is 11.5 Å². The van der Waals surface area contributed by atoms with Gasteiger partial charge in [-0.15, -0.1) is 5.10 Å². The highest BCUT2D eigenvalue weighted by molar-refractivity contribution is 5.94. The van der Waals surface area contributed by atoms with Gasteiger partial charge in [-0.3, -0.25) is 9.59 Å². The van der Waals surface area contributed by atoms with Crippen LogP contribution >= 0.6 is 0 Å². The molecular formula is C23H18N4O2. The van der Waals surface area contributed by atoms with E-state index < -0.39 is 0 Å². The van der Waals surface area contributed by atoms with E-state index in [9.17, 15) is 9.59 Å². The van der Waals surface area contributed by atoms with Crippen molar-refractivity contribution in [2.24, 2.45) is 0 Å². The average molecular weight is 382 g/mol. The number of carbonyl (C=O) groups excluding carboxylic acids is 1. The molecule has 1 amide bonds. The van der Waals surface area contributed by atoms with E-state index in [4.69, 9.17) is 0 Å². The minimum Gasteiger partial charge on any atom is -0.334 e. The molecule has 0 saturated heterocycles. The lowest BCUT2D eigenvalue weighted by molar-refractivity contribution is 0.0734. The standard InChI is InChI=1S/C23H18N4O2/c28-22(26-14-13-16-5-1-2-6-18(16)15-26)17-9-11-19(12-10-17)27-23(29)20-7-3-4-8-21(20)24-25-27/h1-12H,13-15H2. The van der Waals surface area contributed by atoms with Crippen molar-refractivity contribution in [3.05, 3.63) is 99.8 Å². The van der Waals surface area contributed by atoms with Crippen molar-refractivity contribution >= 4 is 16.8 Å². The van der Waals surface area contributed by atoms with Crippen molar-refractivity contribution in [2.75, 3.05) is 6.54 Å². The number of amides is 1. The Labute approximate surface area is 167 Å². The van der Waals surface area contributed by atoms with Gasteiger partial charge < -0.3 is 4.90 Å². The van der Waals surface area contributed by atoms with Gasteiger partial charge in [0, 0.05) is 18.7 Å². The Morgan fingerprint density at radius 2 is 1.59 bits per heavy atom. The number of fused-ring (bicyclic) bond motifs is 2.